The van der Waals surface area contributed by atoms with Gasteiger partial charge >= 0.3 is 48.6 Å². The lowest BCUT2D eigenvalue weighted by molar-refractivity contribution is -0.321. The van der Waals surface area contributed by atoms with Gasteiger partial charge in [-0.2, -0.15) is 52.7 Å². The third kappa shape index (κ3) is 11.5. The van der Waals surface area contributed by atoms with Crippen LogP contribution in [0.15, 0.2) is 0 Å². The molecule has 0 saturated carbocycles. The van der Waals surface area contributed by atoms with Crippen molar-refractivity contribution in [3.63, 3.8) is 0 Å². The van der Waals surface area contributed by atoms with E-state index in [1.54, 1.807) is 19.6 Å². The fraction of sp³-hybridized carbons (Fsp3) is 0.789. The van der Waals surface area contributed by atoms with Crippen molar-refractivity contribution < 1.29 is 100 Å². The highest BCUT2D eigenvalue weighted by Crippen LogP contribution is 2.34. The minimum atomic E-state index is -6.03. The first-order valence-corrected chi connectivity index (χ1v) is 14.7. The van der Waals surface area contributed by atoms with Crippen molar-refractivity contribution >= 4 is 32.0 Å². The van der Waals surface area contributed by atoms with E-state index in [2.05, 4.69) is 18.9 Å². The highest BCUT2D eigenvalue weighted by molar-refractivity contribution is 6.76. The lowest BCUT2D eigenvalue weighted by Gasteiger charge is -2.44. The Morgan fingerprint density at radius 3 is 1.38 bits per heavy atom. The number of carbonyl (C=O) groups excluding carboxylic acids is 4. The number of esters is 4. The number of hydrogen-bond acceptors (Lipinski definition) is 10. The zero-order valence-electron chi connectivity index (χ0n) is 21.1. The van der Waals surface area contributed by atoms with Crippen LogP contribution in [0.4, 0.5) is 52.7 Å². The molecule has 0 bridgehead atoms. The molecule has 0 unspecified atom stereocenters. The predicted octanol–water partition coefficient (Wildman–Crippen LogP) is 3.59. The summed E-state index contributed by atoms with van der Waals surface area (Å²) >= 11 is 0. The number of alkyl halides is 12. The second kappa shape index (κ2) is 13.2. The Bertz CT molecular complexity index is 987. The third-order valence-corrected chi connectivity index (χ3v) is 6.46. The Kier molecular flexibility index (Phi) is 11.7. The summed E-state index contributed by atoms with van der Waals surface area (Å²) in [4.78, 5) is 45.7. The van der Waals surface area contributed by atoms with Gasteiger partial charge in [0.05, 0.1) is 0 Å². The van der Waals surface area contributed by atoms with Crippen LogP contribution >= 0.6 is 0 Å². The van der Waals surface area contributed by atoms with Crippen molar-refractivity contribution in [2.75, 3.05) is 13.2 Å². The molecule has 1 aliphatic heterocycles. The van der Waals surface area contributed by atoms with Crippen LogP contribution in [0.5, 0.6) is 0 Å². The lowest BCUT2D eigenvalue weighted by atomic mass is 9.98. The van der Waals surface area contributed by atoms with Crippen molar-refractivity contribution in [1.82, 2.24) is 0 Å². The average molecular weight is 664 g/mol. The van der Waals surface area contributed by atoms with Gasteiger partial charge in [0.2, 0.25) is 0 Å². The molecule has 23 heteroatoms. The van der Waals surface area contributed by atoms with Crippen LogP contribution in [0, 0.1) is 0 Å². The molecule has 244 valence electrons. The molecule has 0 aliphatic carbocycles. The zero-order chi connectivity index (χ0) is 33.1. The summed E-state index contributed by atoms with van der Waals surface area (Å²) in [5.74, 6) is -12.9. The molecule has 1 fully saturated rings. The van der Waals surface area contributed by atoms with Crippen LogP contribution in [0.1, 0.15) is 0 Å². The first kappa shape index (κ1) is 37.2. The number of ether oxygens (including phenoxy) is 6. The van der Waals surface area contributed by atoms with Crippen LogP contribution in [-0.2, 0) is 47.6 Å². The molecule has 5 atom stereocenters. The van der Waals surface area contributed by atoms with E-state index in [-0.39, 0.29) is 6.04 Å². The molecule has 0 radical (unpaired) electrons. The Morgan fingerprint density at radius 2 is 1.00 bits per heavy atom. The summed E-state index contributed by atoms with van der Waals surface area (Å²) in [6, 6.07) is 0.0834. The van der Waals surface area contributed by atoms with Gasteiger partial charge in [0.25, 0.3) is 0 Å². The highest BCUT2D eigenvalue weighted by atomic mass is 28.3. The molecule has 42 heavy (non-hydrogen) atoms. The Balaban J connectivity index is 3.71. The summed E-state index contributed by atoms with van der Waals surface area (Å²) in [7, 11) is -2.11. The summed E-state index contributed by atoms with van der Waals surface area (Å²) < 4.78 is 180. The second-order valence-electron chi connectivity index (χ2n) is 9.42. The van der Waals surface area contributed by atoms with E-state index in [1.807, 2.05) is 0 Å². The van der Waals surface area contributed by atoms with E-state index in [4.69, 9.17) is 9.47 Å². The van der Waals surface area contributed by atoms with Crippen molar-refractivity contribution in [2.45, 2.75) is 81.1 Å². The first-order valence-electron chi connectivity index (χ1n) is 11.0. The predicted molar refractivity (Wildman–Crippen MR) is 108 cm³/mol. The molecular formula is C19H20F12O10Si. The van der Waals surface area contributed by atoms with Crippen LogP contribution < -0.4 is 0 Å². The van der Waals surface area contributed by atoms with Crippen molar-refractivity contribution in [2.24, 2.45) is 0 Å². The van der Waals surface area contributed by atoms with Gasteiger partial charge in [-0.05, 0) is 6.04 Å². The molecule has 1 saturated heterocycles. The molecule has 0 spiro atoms. The summed E-state index contributed by atoms with van der Waals surface area (Å²) in [5.41, 5.74) is 0. The second-order valence-corrected chi connectivity index (χ2v) is 15.0. The quantitative estimate of drug-likeness (QED) is 0.156. The van der Waals surface area contributed by atoms with Gasteiger partial charge in [-0.15, -0.1) is 0 Å². The molecular weight excluding hydrogens is 644 g/mol. The lowest BCUT2D eigenvalue weighted by Crippen LogP contribution is -2.64. The van der Waals surface area contributed by atoms with E-state index in [0.29, 0.717) is 0 Å². The fourth-order valence-electron chi connectivity index (χ4n) is 2.84. The maximum atomic E-state index is 13.0. The average Bonchev–Trinajstić information content (AvgIpc) is 2.77. The van der Waals surface area contributed by atoms with Gasteiger partial charge in [-0.3, -0.25) is 0 Å². The highest BCUT2D eigenvalue weighted by Gasteiger charge is 2.59. The van der Waals surface area contributed by atoms with Gasteiger partial charge < -0.3 is 28.4 Å². The van der Waals surface area contributed by atoms with Crippen molar-refractivity contribution in [3.05, 3.63) is 0 Å². The number of carbonyl (C=O) groups is 4. The van der Waals surface area contributed by atoms with Gasteiger partial charge in [-0.1, -0.05) is 19.6 Å². The molecule has 0 aromatic carbocycles. The van der Waals surface area contributed by atoms with E-state index in [1.165, 1.54) is 0 Å². The van der Waals surface area contributed by atoms with E-state index >= 15 is 0 Å². The Hall–Kier alpha value is -2.82. The minimum absolute atomic E-state index is 0.0834. The van der Waals surface area contributed by atoms with Crippen molar-refractivity contribution in [1.29, 1.82) is 0 Å². The molecule has 10 nitrogen and oxygen atoms in total. The monoisotopic (exact) mass is 664 g/mol. The van der Waals surface area contributed by atoms with Gasteiger partial charge in [0.1, 0.15) is 12.7 Å². The summed E-state index contributed by atoms with van der Waals surface area (Å²) in [6.45, 7) is 2.65. The number of rotatable bonds is 9. The van der Waals surface area contributed by atoms with Gasteiger partial charge in [0.15, 0.2) is 24.6 Å². The van der Waals surface area contributed by atoms with Crippen molar-refractivity contribution in [3.8, 4) is 0 Å². The standard InChI is InChI=1S/C19H20F12O10Si/c1-42(2,3)5-4-36-11-10(41-15(35)19(29,30)31)9(40-14(34)18(26,27)28)8(39-13(33)17(23,24)25)7(38-11)6-37-12(32)16(20,21)22/h7-11H,4-6H2,1-3H3/t7-,8-,9+,10-,11+/m1/s1. The van der Waals surface area contributed by atoms with Crippen LogP contribution in [0.3, 0.4) is 0 Å². The SMILES string of the molecule is C[Si](C)(C)CCO[C@H]1O[C@H](COC(=O)C(F)(F)F)[C@@H](OC(=O)C(F)(F)F)[C@H](OC(=O)C(F)(F)F)[C@H]1OC(=O)C(F)(F)F. The molecule has 1 aliphatic rings. The minimum Gasteiger partial charge on any atom is -0.456 e. The molecule has 0 N–H and O–H groups in total. The number of halogens is 12. The van der Waals surface area contributed by atoms with Crippen LogP contribution in [0.2, 0.25) is 25.7 Å². The molecule has 0 amide bonds. The summed E-state index contributed by atoms with van der Waals surface area (Å²) in [6.07, 6.45) is -38.7. The normalized spacial score (nSPS) is 24.0. The van der Waals surface area contributed by atoms with Crippen LogP contribution in [0.25, 0.3) is 0 Å². The summed E-state index contributed by atoms with van der Waals surface area (Å²) in [5, 5.41) is 0. The zero-order valence-corrected chi connectivity index (χ0v) is 22.1. The van der Waals surface area contributed by atoms with E-state index < -0.39 is 101 Å². The van der Waals surface area contributed by atoms with Gasteiger partial charge in [0, 0.05) is 14.7 Å². The molecule has 0 aromatic heterocycles. The fourth-order valence-corrected chi connectivity index (χ4v) is 3.57. The van der Waals surface area contributed by atoms with Gasteiger partial charge in [-0.25, -0.2) is 19.2 Å². The molecule has 1 rings (SSSR count). The number of hydrogen-bond donors (Lipinski definition) is 0. The topological polar surface area (TPSA) is 124 Å². The first-order chi connectivity index (χ1) is 18.6. The van der Waals surface area contributed by atoms with Crippen LogP contribution in [-0.4, -0.2) is 101 Å². The third-order valence-electron chi connectivity index (χ3n) is 4.76. The maximum Gasteiger partial charge on any atom is 0.490 e. The van der Waals surface area contributed by atoms with E-state index in [0.717, 1.165) is 0 Å². The molecule has 1 heterocycles. The Morgan fingerprint density at radius 1 is 0.619 bits per heavy atom. The van der Waals surface area contributed by atoms with E-state index in [9.17, 15) is 71.9 Å². The molecule has 0 aromatic rings. The maximum absolute atomic E-state index is 13.0. The smallest absolute Gasteiger partial charge is 0.456 e. The largest absolute Gasteiger partial charge is 0.490 e. The Labute approximate surface area is 227 Å².